The quantitative estimate of drug-likeness (QED) is 0.466. The molecule has 0 bridgehead atoms. The zero-order chi connectivity index (χ0) is 17.7. The Labute approximate surface area is 135 Å². The molecule has 5 N–H and O–H groups in total. The summed E-state index contributed by atoms with van der Waals surface area (Å²) in [6.45, 7) is 7.01. The molecule has 128 valence electrons. The van der Waals surface area contributed by atoms with Crippen molar-refractivity contribution >= 4 is 23.3 Å². The van der Waals surface area contributed by atoms with E-state index in [4.69, 9.17) is 0 Å². The Bertz CT molecular complexity index is 572. The van der Waals surface area contributed by atoms with Crippen molar-refractivity contribution in [3.05, 3.63) is 18.2 Å². The van der Waals surface area contributed by atoms with Crippen molar-refractivity contribution in [1.82, 2.24) is 0 Å². The van der Waals surface area contributed by atoms with Gasteiger partial charge in [0.05, 0.1) is 5.69 Å². The molecule has 7 heteroatoms. The van der Waals surface area contributed by atoms with Crippen molar-refractivity contribution in [2.75, 3.05) is 10.6 Å². The molecular weight excluding hydrogens is 300 g/mol. The molecule has 2 atom stereocenters. The molecule has 0 saturated carbocycles. The highest BCUT2D eigenvalue weighted by Gasteiger charge is 2.26. The van der Waals surface area contributed by atoms with Crippen molar-refractivity contribution in [2.45, 2.75) is 39.8 Å². The minimum absolute atomic E-state index is 0.144. The zero-order valence-corrected chi connectivity index (χ0v) is 13.7. The number of carbonyl (C=O) groups is 2. The predicted molar refractivity (Wildman–Crippen MR) is 87.9 cm³/mol. The molecule has 1 aromatic rings. The van der Waals surface area contributed by atoms with Gasteiger partial charge in [0.25, 0.3) is 0 Å². The van der Waals surface area contributed by atoms with Crippen molar-refractivity contribution < 1.29 is 24.9 Å². The lowest BCUT2D eigenvalue weighted by atomic mass is 10.0. The average molecular weight is 324 g/mol. The lowest BCUT2D eigenvalue weighted by Crippen LogP contribution is -2.36. The van der Waals surface area contributed by atoms with Crippen LogP contribution in [0.3, 0.4) is 0 Å². The molecule has 23 heavy (non-hydrogen) atoms. The molecular formula is C16H24N2O5. The molecule has 0 fully saturated rings. The van der Waals surface area contributed by atoms with Crippen LogP contribution in [0.5, 0.6) is 5.75 Å². The molecule has 7 nitrogen and oxygen atoms in total. The number of phenolic OH excluding ortho intramolecular Hbond substituents is 1. The van der Waals surface area contributed by atoms with Gasteiger partial charge in [0, 0.05) is 0 Å². The lowest BCUT2D eigenvalue weighted by molar-refractivity contribution is -0.139. The molecule has 0 aliphatic rings. The number of aromatic hydroxyl groups is 1. The van der Waals surface area contributed by atoms with Gasteiger partial charge in [-0.3, -0.25) is 0 Å². The van der Waals surface area contributed by atoms with Crippen LogP contribution in [-0.2, 0) is 9.59 Å². The van der Waals surface area contributed by atoms with E-state index in [0.717, 1.165) is 0 Å². The van der Waals surface area contributed by atoms with Crippen LogP contribution in [0.1, 0.15) is 27.7 Å². The van der Waals surface area contributed by atoms with Crippen molar-refractivity contribution in [3.8, 4) is 5.75 Å². The Balaban J connectivity index is 3.18. The second-order valence-corrected chi connectivity index (χ2v) is 6.11. The van der Waals surface area contributed by atoms with E-state index < -0.39 is 24.0 Å². The molecule has 0 aliphatic carbocycles. The monoisotopic (exact) mass is 324 g/mol. The van der Waals surface area contributed by atoms with Crippen LogP contribution in [0.2, 0.25) is 0 Å². The lowest BCUT2D eigenvalue weighted by Gasteiger charge is -2.25. The van der Waals surface area contributed by atoms with Gasteiger partial charge in [-0.25, -0.2) is 9.59 Å². The molecule has 0 saturated heterocycles. The van der Waals surface area contributed by atoms with Gasteiger partial charge in [0.15, 0.2) is 0 Å². The minimum Gasteiger partial charge on any atom is -0.506 e. The molecule has 1 aromatic carbocycles. The fourth-order valence-electron chi connectivity index (χ4n) is 2.16. The summed E-state index contributed by atoms with van der Waals surface area (Å²) in [5.41, 5.74) is 0.526. The maximum absolute atomic E-state index is 11.3. The Hall–Kier alpha value is -2.44. The minimum atomic E-state index is -1.05. The number of para-hydroxylation sites is 1. The van der Waals surface area contributed by atoms with Gasteiger partial charge in [-0.05, 0) is 24.0 Å². The van der Waals surface area contributed by atoms with E-state index in [2.05, 4.69) is 10.6 Å². The van der Waals surface area contributed by atoms with Crippen LogP contribution >= 0.6 is 0 Å². The van der Waals surface area contributed by atoms with E-state index in [1.807, 2.05) is 0 Å². The molecule has 1 rings (SSSR count). The SMILES string of the molecule is CC(C)[C@H](Nc1cccc(O)c1N[C@H](C(=O)O)C(C)C)C(=O)O. The van der Waals surface area contributed by atoms with Crippen LogP contribution in [0, 0.1) is 11.8 Å². The van der Waals surface area contributed by atoms with E-state index >= 15 is 0 Å². The highest BCUT2D eigenvalue weighted by molar-refractivity contribution is 5.85. The van der Waals surface area contributed by atoms with Crippen LogP contribution in [0.25, 0.3) is 0 Å². The van der Waals surface area contributed by atoms with E-state index in [1.165, 1.54) is 6.07 Å². The van der Waals surface area contributed by atoms with E-state index in [-0.39, 0.29) is 23.3 Å². The first kappa shape index (κ1) is 18.6. The summed E-state index contributed by atoms with van der Waals surface area (Å²) in [5.74, 6) is -2.63. The van der Waals surface area contributed by atoms with Crippen LogP contribution < -0.4 is 10.6 Å². The van der Waals surface area contributed by atoms with Gasteiger partial charge in [-0.1, -0.05) is 33.8 Å². The van der Waals surface area contributed by atoms with Gasteiger partial charge < -0.3 is 26.0 Å². The molecule has 0 unspecified atom stereocenters. The first-order chi connectivity index (χ1) is 10.6. The third kappa shape index (κ3) is 4.77. The third-order valence-electron chi connectivity index (χ3n) is 3.52. The second kappa shape index (κ2) is 7.71. The average Bonchev–Trinajstić information content (AvgIpc) is 2.42. The number of anilines is 2. The highest BCUT2D eigenvalue weighted by Crippen LogP contribution is 2.34. The predicted octanol–water partition coefficient (Wildman–Crippen LogP) is 2.43. The second-order valence-electron chi connectivity index (χ2n) is 6.11. The Kier molecular flexibility index (Phi) is 6.24. The maximum Gasteiger partial charge on any atom is 0.326 e. The number of carboxylic acids is 2. The van der Waals surface area contributed by atoms with Gasteiger partial charge in [-0.2, -0.15) is 0 Å². The summed E-state index contributed by atoms with van der Waals surface area (Å²) in [5, 5.41) is 34.3. The summed E-state index contributed by atoms with van der Waals surface area (Å²) in [6.07, 6.45) is 0. The molecule has 0 heterocycles. The number of benzene rings is 1. The number of aliphatic carboxylic acids is 2. The highest BCUT2D eigenvalue weighted by atomic mass is 16.4. The number of hydrogen-bond acceptors (Lipinski definition) is 5. The Morgan fingerprint density at radius 1 is 0.913 bits per heavy atom. The summed E-state index contributed by atoms with van der Waals surface area (Å²) >= 11 is 0. The third-order valence-corrected chi connectivity index (χ3v) is 3.52. The summed E-state index contributed by atoms with van der Waals surface area (Å²) in [7, 11) is 0. The van der Waals surface area contributed by atoms with Crippen LogP contribution in [-0.4, -0.2) is 39.3 Å². The van der Waals surface area contributed by atoms with Gasteiger partial charge in [0.1, 0.15) is 23.5 Å². The number of phenols is 1. The number of hydrogen-bond donors (Lipinski definition) is 5. The first-order valence-corrected chi connectivity index (χ1v) is 7.45. The molecule has 0 aromatic heterocycles. The Morgan fingerprint density at radius 3 is 1.83 bits per heavy atom. The number of rotatable bonds is 8. The maximum atomic E-state index is 11.3. The van der Waals surface area contributed by atoms with Crippen LogP contribution in [0.15, 0.2) is 18.2 Å². The number of carboxylic acid groups (broad SMARTS) is 2. The van der Waals surface area contributed by atoms with Crippen molar-refractivity contribution in [2.24, 2.45) is 11.8 Å². The van der Waals surface area contributed by atoms with Crippen molar-refractivity contribution in [3.63, 3.8) is 0 Å². The summed E-state index contributed by atoms with van der Waals surface area (Å²) in [4.78, 5) is 22.7. The summed E-state index contributed by atoms with van der Waals surface area (Å²) < 4.78 is 0. The fourth-order valence-corrected chi connectivity index (χ4v) is 2.16. The first-order valence-electron chi connectivity index (χ1n) is 7.45. The summed E-state index contributed by atoms with van der Waals surface area (Å²) in [6, 6.07) is 2.80. The smallest absolute Gasteiger partial charge is 0.326 e. The largest absolute Gasteiger partial charge is 0.506 e. The standard InChI is InChI=1S/C16H24N2O5/c1-8(2)12(15(20)21)17-10-6-5-7-11(19)14(10)18-13(9(3)4)16(22)23/h5-9,12-13,17-19H,1-4H3,(H,20,21)(H,22,23)/t12-,13-/m0/s1. The van der Waals surface area contributed by atoms with E-state index in [0.29, 0.717) is 5.69 Å². The van der Waals surface area contributed by atoms with Crippen LogP contribution in [0.4, 0.5) is 11.4 Å². The van der Waals surface area contributed by atoms with Gasteiger partial charge in [0.2, 0.25) is 0 Å². The van der Waals surface area contributed by atoms with Gasteiger partial charge >= 0.3 is 11.9 Å². The molecule has 0 radical (unpaired) electrons. The topological polar surface area (TPSA) is 119 Å². The zero-order valence-electron chi connectivity index (χ0n) is 13.7. The molecule has 0 aliphatic heterocycles. The molecule has 0 spiro atoms. The number of nitrogens with one attached hydrogen (secondary N) is 2. The normalized spacial score (nSPS) is 13.7. The van der Waals surface area contributed by atoms with E-state index in [1.54, 1.807) is 39.8 Å². The van der Waals surface area contributed by atoms with Crippen molar-refractivity contribution in [1.29, 1.82) is 0 Å². The van der Waals surface area contributed by atoms with Gasteiger partial charge in [-0.15, -0.1) is 0 Å². The fraction of sp³-hybridized carbons (Fsp3) is 0.500. The molecule has 0 amide bonds. The Morgan fingerprint density at radius 2 is 1.39 bits per heavy atom. The van der Waals surface area contributed by atoms with E-state index in [9.17, 15) is 24.9 Å².